The van der Waals surface area contributed by atoms with E-state index in [9.17, 15) is 9.90 Å². The molecule has 25 heavy (non-hydrogen) atoms. The van der Waals surface area contributed by atoms with E-state index in [1.54, 1.807) is 12.1 Å². The minimum atomic E-state index is -0.195. The molecule has 1 aliphatic carbocycles. The standard InChI is InChI=1S/C22H22O3/c1-15(2)25-19-12-13-20(21(23)14-19)22(24)18-10-8-17(9-11-18)16-6-4-3-5-7-16/h3-6,8-16,23H,7H2,1-2H3. The van der Waals surface area contributed by atoms with Gasteiger partial charge >= 0.3 is 0 Å². The van der Waals surface area contributed by atoms with Crippen molar-refractivity contribution in [1.82, 2.24) is 0 Å². The topological polar surface area (TPSA) is 46.5 Å². The van der Waals surface area contributed by atoms with Crippen LogP contribution in [0, 0.1) is 0 Å². The maximum Gasteiger partial charge on any atom is 0.196 e. The molecule has 0 saturated heterocycles. The van der Waals surface area contributed by atoms with Crippen molar-refractivity contribution in [2.75, 3.05) is 0 Å². The van der Waals surface area contributed by atoms with Gasteiger partial charge in [-0.2, -0.15) is 0 Å². The lowest BCUT2D eigenvalue weighted by Crippen LogP contribution is -2.07. The predicted octanol–water partition coefficient (Wildman–Crippen LogP) is 5.01. The van der Waals surface area contributed by atoms with Crippen molar-refractivity contribution in [3.05, 3.63) is 83.5 Å². The van der Waals surface area contributed by atoms with Crippen LogP contribution in [-0.4, -0.2) is 17.0 Å². The van der Waals surface area contributed by atoms with Crippen LogP contribution in [0.4, 0.5) is 0 Å². The molecular formula is C22H22O3. The van der Waals surface area contributed by atoms with Crippen molar-refractivity contribution in [2.45, 2.75) is 32.3 Å². The largest absolute Gasteiger partial charge is 0.507 e. The molecule has 2 aromatic carbocycles. The molecule has 0 spiro atoms. The summed E-state index contributed by atoms with van der Waals surface area (Å²) in [5, 5.41) is 10.2. The van der Waals surface area contributed by atoms with E-state index in [-0.39, 0.29) is 23.2 Å². The number of phenolic OH excluding ortho intramolecular Hbond substituents is 1. The quantitative estimate of drug-likeness (QED) is 0.782. The predicted molar refractivity (Wildman–Crippen MR) is 99.4 cm³/mol. The Morgan fingerprint density at radius 3 is 2.48 bits per heavy atom. The molecule has 1 unspecified atom stereocenters. The summed E-state index contributed by atoms with van der Waals surface area (Å²) in [4.78, 5) is 12.7. The van der Waals surface area contributed by atoms with Gasteiger partial charge in [-0.3, -0.25) is 4.79 Å². The maximum absolute atomic E-state index is 12.7. The molecule has 0 saturated carbocycles. The van der Waals surface area contributed by atoms with E-state index in [0.717, 1.165) is 6.42 Å². The first-order chi connectivity index (χ1) is 12.0. The molecule has 3 rings (SSSR count). The number of allylic oxidation sites excluding steroid dienone is 4. The number of aromatic hydroxyl groups is 1. The number of ether oxygens (including phenoxy) is 1. The summed E-state index contributed by atoms with van der Waals surface area (Å²) in [6, 6.07) is 12.4. The minimum Gasteiger partial charge on any atom is -0.507 e. The molecule has 128 valence electrons. The number of carbonyl (C=O) groups is 1. The molecule has 0 aromatic heterocycles. The van der Waals surface area contributed by atoms with Gasteiger partial charge in [0.05, 0.1) is 11.7 Å². The van der Waals surface area contributed by atoms with Crippen LogP contribution in [0.25, 0.3) is 0 Å². The summed E-state index contributed by atoms with van der Waals surface area (Å²) in [5.41, 5.74) is 2.03. The lowest BCUT2D eigenvalue weighted by Gasteiger charge is -2.14. The molecule has 0 fully saturated rings. The van der Waals surface area contributed by atoms with Gasteiger partial charge in [-0.05, 0) is 38.0 Å². The normalized spacial score (nSPS) is 16.2. The summed E-state index contributed by atoms with van der Waals surface area (Å²) in [6.07, 6.45) is 9.38. The number of rotatable bonds is 5. The van der Waals surface area contributed by atoms with Gasteiger partial charge < -0.3 is 9.84 Å². The molecule has 2 aromatic rings. The van der Waals surface area contributed by atoms with Crippen molar-refractivity contribution in [2.24, 2.45) is 0 Å². The second-order valence-corrected chi connectivity index (χ2v) is 6.45. The summed E-state index contributed by atoms with van der Waals surface area (Å²) >= 11 is 0. The smallest absolute Gasteiger partial charge is 0.196 e. The Balaban J connectivity index is 1.78. The van der Waals surface area contributed by atoms with E-state index in [2.05, 4.69) is 12.2 Å². The Labute approximate surface area is 148 Å². The molecule has 0 amide bonds. The first kappa shape index (κ1) is 17.0. The van der Waals surface area contributed by atoms with Crippen LogP contribution in [0.15, 0.2) is 66.8 Å². The molecule has 0 bridgehead atoms. The summed E-state index contributed by atoms with van der Waals surface area (Å²) in [5.74, 6) is 0.651. The van der Waals surface area contributed by atoms with Gasteiger partial charge in [0.1, 0.15) is 11.5 Å². The molecule has 3 heteroatoms. The van der Waals surface area contributed by atoms with Crippen molar-refractivity contribution < 1.29 is 14.6 Å². The van der Waals surface area contributed by atoms with Gasteiger partial charge in [0.25, 0.3) is 0 Å². The third-order valence-corrected chi connectivity index (χ3v) is 4.17. The molecule has 0 aliphatic heterocycles. The second kappa shape index (κ2) is 7.39. The van der Waals surface area contributed by atoms with Crippen LogP contribution in [0.3, 0.4) is 0 Å². The van der Waals surface area contributed by atoms with Gasteiger partial charge in [-0.1, -0.05) is 48.6 Å². The van der Waals surface area contributed by atoms with Crippen molar-refractivity contribution in [3.8, 4) is 11.5 Å². The van der Waals surface area contributed by atoms with Gasteiger partial charge in [0.15, 0.2) is 5.78 Å². The zero-order valence-corrected chi connectivity index (χ0v) is 14.5. The van der Waals surface area contributed by atoms with Gasteiger partial charge in [0.2, 0.25) is 0 Å². The van der Waals surface area contributed by atoms with E-state index in [0.29, 0.717) is 17.2 Å². The minimum absolute atomic E-state index is 0.0113. The molecule has 3 nitrogen and oxygen atoms in total. The molecule has 1 N–H and O–H groups in total. The Hall–Kier alpha value is -2.81. The first-order valence-corrected chi connectivity index (χ1v) is 8.52. The summed E-state index contributed by atoms with van der Waals surface area (Å²) in [7, 11) is 0. The van der Waals surface area contributed by atoms with Crippen LogP contribution in [-0.2, 0) is 0 Å². The van der Waals surface area contributed by atoms with E-state index < -0.39 is 0 Å². The first-order valence-electron chi connectivity index (χ1n) is 8.52. The van der Waals surface area contributed by atoms with E-state index in [1.165, 1.54) is 11.6 Å². The average Bonchev–Trinajstić information content (AvgIpc) is 2.62. The van der Waals surface area contributed by atoms with Crippen molar-refractivity contribution >= 4 is 5.78 Å². The fourth-order valence-electron chi connectivity index (χ4n) is 2.91. The van der Waals surface area contributed by atoms with Crippen molar-refractivity contribution in [1.29, 1.82) is 0 Å². The number of carbonyl (C=O) groups excluding carboxylic acids is 1. The Kier molecular flexibility index (Phi) is 5.03. The van der Waals surface area contributed by atoms with Crippen LogP contribution >= 0.6 is 0 Å². The third kappa shape index (κ3) is 4.00. The van der Waals surface area contributed by atoms with Gasteiger partial charge in [0, 0.05) is 17.5 Å². The molecule has 1 aliphatic rings. The Morgan fingerprint density at radius 2 is 1.88 bits per heavy atom. The number of ketones is 1. The van der Waals surface area contributed by atoms with E-state index in [4.69, 9.17) is 4.74 Å². The SMILES string of the molecule is CC(C)Oc1ccc(C(=O)c2ccc(C3C=CC=CC3)cc2)c(O)c1. The fourth-order valence-corrected chi connectivity index (χ4v) is 2.91. The highest BCUT2D eigenvalue weighted by Crippen LogP contribution is 2.28. The lowest BCUT2D eigenvalue weighted by molar-refractivity contribution is 0.103. The van der Waals surface area contributed by atoms with E-state index >= 15 is 0 Å². The van der Waals surface area contributed by atoms with Gasteiger partial charge in [-0.15, -0.1) is 0 Å². The zero-order chi connectivity index (χ0) is 17.8. The lowest BCUT2D eigenvalue weighted by atomic mass is 9.91. The highest BCUT2D eigenvalue weighted by molar-refractivity contribution is 6.10. The average molecular weight is 334 g/mol. The number of phenols is 1. The fraction of sp³-hybridized carbons (Fsp3) is 0.227. The van der Waals surface area contributed by atoms with Crippen molar-refractivity contribution in [3.63, 3.8) is 0 Å². The Bertz CT molecular complexity index is 814. The summed E-state index contributed by atoms with van der Waals surface area (Å²) in [6.45, 7) is 3.82. The van der Waals surface area contributed by atoms with Crippen LogP contribution in [0.5, 0.6) is 11.5 Å². The highest BCUT2D eigenvalue weighted by Gasteiger charge is 2.16. The number of hydrogen-bond donors (Lipinski definition) is 1. The number of benzene rings is 2. The zero-order valence-electron chi connectivity index (χ0n) is 14.5. The van der Waals surface area contributed by atoms with Crippen LogP contribution in [0.2, 0.25) is 0 Å². The molecule has 1 atom stereocenters. The molecular weight excluding hydrogens is 312 g/mol. The monoisotopic (exact) mass is 334 g/mol. The third-order valence-electron chi connectivity index (χ3n) is 4.17. The molecule has 0 radical (unpaired) electrons. The van der Waals surface area contributed by atoms with Crippen LogP contribution < -0.4 is 4.74 Å². The number of hydrogen-bond acceptors (Lipinski definition) is 3. The second-order valence-electron chi connectivity index (χ2n) is 6.45. The van der Waals surface area contributed by atoms with E-state index in [1.807, 2.05) is 50.3 Å². The maximum atomic E-state index is 12.7. The summed E-state index contributed by atoms with van der Waals surface area (Å²) < 4.78 is 5.54. The van der Waals surface area contributed by atoms with Gasteiger partial charge in [-0.25, -0.2) is 0 Å². The Morgan fingerprint density at radius 1 is 1.12 bits per heavy atom. The highest BCUT2D eigenvalue weighted by atomic mass is 16.5. The van der Waals surface area contributed by atoms with Crippen LogP contribution in [0.1, 0.15) is 47.7 Å². The molecule has 0 heterocycles.